The number of benzene rings is 2. The SMILES string of the molecule is CN1CCC(N(C(=O)c2ccc(N)cc2F)c2ccccc2)CC1. The molecule has 0 aliphatic carbocycles. The van der Waals surface area contributed by atoms with Gasteiger partial charge in [0.05, 0.1) is 5.56 Å². The highest BCUT2D eigenvalue weighted by Crippen LogP contribution is 2.26. The number of halogens is 1. The second-order valence-corrected chi connectivity index (χ2v) is 6.28. The van der Waals surface area contributed by atoms with Crippen LogP contribution in [0.15, 0.2) is 48.5 Å². The van der Waals surface area contributed by atoms with Gasteiger partial charge in [0.1, 0.15) is 5.82 Å². The number of anilines is 2. The van der Waals surface area contributed by atoms with E-state index in [0.29, 0.717) is 5.69 Å². The number of amides is 1. The van der Waals surface area contributed by atoms with Crippen LogP contribution >= 0.6 is 0 Å². The van der Waals surface area contributed by atoms with Crippen molar-refractivity contribution in [1.82, 2.24) is 4.90 Å². The largest absolute Gasteiger partial charge is 0.399 e. The third-order valence-corrected chi connectivity index (χ3v) is 4.53. The van der Waals surface area contributed by atoms with E-state index in [1.165, 1.54) is 12.1 Å². The Morgan fingerprint density at radius 2 is 1.83 bits per heavy atom. The lowest BCUT2D eigenvalue weighted by Gasteiger charge is -2.37. The summed E-state index contributed by atoms with van der Waals surface area (Å²) in [7, 11) is 2.07. The summed E-state index contributed by atoms with van der Waals surface area (Å²) in [5.41, 5.74) is 6.78. The number of carbonyl (C=O) groups is 1. The summed E-state index contributed by atoms with van der Waals surface area (Å²) in [6.45, 7) is 1.84. The molecule has 0 bridgehead atoms. The van der Waals surface area contributed by atoms with E-state index >= 15 is 0 Å². The maximum Gasteiger partial charge on any atom is 0.261 e. The van der Waals surface area contributed by atoms with Crippen molar-refractivity contribution in [3.8, 4) is 0 Å². The first-order valence-corrected chi connectivity index (χ1v) is 8.18. The first-order chi connectivity index (χ1) is 11.6. The van der Waals surface area contributed by atoms with Crippen molar-refractivity contribution >= 4 is 17.3 Å². The smallest absolute Gasteiger partial charge is 0.261 e. The Morgan fingerprint density at radius 1 is 1.17 bits per heavy atom. The summed E-state index contributed by atoms with van der Waals surface area (Å²) in [6.07, 6.45) is 1.74. The van der Waals surface area contributed by atoms with Crippen LogP contribution in [0.2, 0.25) is 0 Å². The molecule has 5 heteroatoms. The third-order valence-electron chi connectivity index (χ3n) is 4.53. The normalized spacial score (nSPS) is 16.1. The molecule has 0 aromatic heterocycles. The van der Waals surface area contributed by atoms with Gasteiger partial charge in [0.15, 0.2) is 0 Å². The zero-order valence-electron chi connectivity index (χ0n) is 13.8. The molecule has 24 heavy (non-hydrogen) atoms. The second-order valence-electron chi connectivity index (χ2n) is 6.28. The lowest BCUT2D eigenvalue weighted by molar-refractivity contribution is 0.0960. The third kappa shape index (κ3) is 3.41. The Bertz CT molecular complexity index is 712. The van der Waals surface area contributed by atoms with Crippen LogP contribution in [0.3, 0.4) is 0 Å². The Balaban J connectivity index is 1.96. The predicted octanol–water partition coefficient (Wildman–Crippen LogP) is 3.15. The van der Waals surface area contributed by atoms with E-state index in [0.717, 1.165) is 31.6 Å². The van der Waals surface area contributed by atoms with Gasteiger partial charge >= 0.3 is 0 Å². The molecule has 3 rings (SSSR count). The molecule has 1 aliphatic heterocycles. The van der Waals surface area contributed by atoms with Crippen LogP contribution in [-0.4, -0.2) is 37.0 Å². The molecule has 1 heterocycles. The number of carbonyl (C=O) groups excluding carboxylic acids is 1. The topological polar surface area (TPSA) is 49.6 Å². The van der Waals surface area contributed by atoms with Gasteiger partial charge < -0.3 is 15.5 Å². The molecule has 0 unspecified atom stereocenters. The minimum atomic E-state index is -0.575. The van der Waals surface area contributed by atoms with Gasteiger partial charge in [-0.05, 0) is 63.3 Å². The van der Waals surface area contributed by atoms with Gasteiger partial charge in [-0.1, -0.05) is 18.2 Å². The van der Waals surface area contributed by atoms with E-state index in [1.54, 1.807) is 11.0 Å². The Morgan fingerprint density at radius 3 is 2.46 bits per heavy atom. The zero-order valence-corrected chi connectivity index (χ0v) is 13.8. The maximum absolute atomic E-state index is 14.3. The highest BCUT2D eigenvalue weighted by atomic mass is 19.1. The van der Waals surface area contributed by atoms with Gasteiger partial charge in [0.2, 0.25) is 0 Å². The highest BCUT2D eigenvalue weighted by Gasteiger charge is 2.30. The van der Waals surface area contributed by atoms with Crippen LogP contribution in [0.1, 0.15) is 23.2 Å². The molecule has 2 N–H and O–H groups in total. The number of hydrogen-bond acceptors (Lipinski definition) is 3. The molecule has 0 saturated carbocycles. The van der Waals surface area contributed by atoms with Crippen LogP contribution in [-0.2, 0) is 0 Å². The number of piperidine rings is 1. The van der Waals surface area contributed by atoms with Crippen LogP contribution in [0.4, 0.5) is 15.8 Å². The van der Waals surface area contributed by atoms with E-state index < -0.39 is 5.82 Å². The molecule has 2 aromatic carbocycles. The summed E-state index contributed by atoms with van der Waals surface area (Å²) in [4.78, 5) is 17.1. The summed E-state index contributed by atoms with van der Waals surface area (Å²) in [5, 5.41) is 0. The van der Waals surface area contributed by atoms with Gasteiger partial charge in [0, 0.05) is 17.4 Å². The fourth-order valence-corrected chi connectivity index (χ4v) is 3.17. The van der Waals surface area contributed by atoms with Crippen molar-refractivity contribution in [3.63, 3.8) is 0 Å². The number of rotatable bonds is 3. The quantitative estimate of drug-likeness (QED) is 0.881. The fourth-order valence-electron chi connectivity index (χ4n) is 3.17. The van der Waals surface area contributed by atoms with E-state index in [4.69, 9.17) is 5.73 Å². The summed E-state index contributed by atoms with van der Waals surface area (Å²) < 4.78 is 14.3. The zero-order chi connectivity index (χ0) is 17.1. The molecule has 1 fully saturated rings. The molecule has 1 aliphatic rings. The van der Waals surface area contributed by atoms with Gasteiger partial charge in [0.25, 0.3) is 5.91 Å². The number of nitrogens with zero attached hydrogens (tertiary/aromatic N) is 2. The van der Waals surface area contributed by atoms with Crippen LogP contribution < -0.4 is 10.6 Å². The Kier molecular flexibility index (Phi) is 4.81. The van der Waals surface area contributed by atoms with E-state index in [9.17, 15) is 9.18 Å². The average Bonchev–Trinajstić information content (AvgIpc) is 2.58. The van der Waals surface area contributed by atoms with Gasteiger partial charge in [-0.15, -0.1) is 0 Å². The average molecular weight is 327 g/mol. The lowest BCUT2D eigenvalue weighted by Crippen LogP contribution is -2.47. The van der Waals surface area contributed by atoms with E-state index in [-0.39, 0.29) is 17.5 Å². The summed E-state index contributed by atoms with van der Waals surface area (Å²) in [5.74, 6) is -0.887. The van der Waals surface area contributed by atoms with Gasteiger partial charge in [-0.3, -0.25) is 4.79 Å². The van der Waals surface area contributed by atoms with Crippen molar-refractivity contribution in [2.75, 3.05) is 30.8 Å². The summed E-state index contributed by atoms with van der Waals surface area (Å²) in [6, 6.07) is 13.8. The monoisotopic (exact) mass is 327 g/mol. The minimum Gasteiger partial charge on any atom is -0.399 e. The molecule has 0 spiro atoms. The number of para-hydroxylation sites is 1. The second kappa shape index (κ2) is 7.01. The number of nitrogen functional groups attached to an aromatic ring is 1. The van der Waals surface area contributed by atoms with Crippen molar-refractivity contribution in [3.05, 3.63) is 59.9 Å². The van der Waals surface area contributed by atoms with Crippen molar-refractivity contribution in [2.45, 2.75) is 18.9 Å². The van der Waals surface area contributed by atoms with Crippen LogP contribution in [0.5, 0.6) is 0 Å². The molecule has 1 saturated heterocycles. The molecular formula is C19H22FN3O. The Labute approximate surface area is 141 Å². The standard InChI is InChI=1S/C19H22FN3O/c1-22-11-9-16(10-12-22)23(15-5-3-2-4-6-15)19(24)17-8-7-14(21)13-18(17)20/h2-8,13,16H,9-12,21H2,1H3. The molecule has 0 atom stereocenters. The first kappa shape index (κ1) is 16.5. The predicted molar refractivity (Wildman–Crippen MR) is 94.6 cm³/mol. The summed E-state index contributed by atoms with van der Waals surface area (Å²) >= 11 is 0. The maximum atomic E-state index is 14.3. The van der Waals surface area contributed by atoms with Gasteiger partial charge in [-0.2, -0.15) is 0 Å². The molecule has 0 radical (unpaired) electrons. The molecule has 1 amide bonds. The molecule has 126 valence electrons. The number of nitrogens with two attached hydrogens (primary N) is 1. The van der Waals surface area contributed by atoms with Crippen LogP contribution in [0, 0.1) is 5.82 Å². The Hall–Kier alpha value is -2.40. The van der Waals surface area contributed by atoms with E-state index in [2.05, 4.69) is 11.9 Å². The number of hydrogen-bond donors (Lipinski definition) is 1. The molecular weight excluding hydrogens is 305 g/mol. The lowest BCUT2D eigenvalue weighted by atomic mass is 10.0. The highest BCUT2D eigenvalue weighted by molar-refractivity contribution is 6.06. The van der Waals surface area contributed by atoms with Crippen molar-refractivity contribution < 1.29 is 9.18 Å². The number of likely N-dealkylation sites (tertiary alicyclic amines) is 1. The molecule has 2 aromatic rings. The van der Waals surface area contributed by atoms with Crippen LogP contribution in [0.25, 0.3) is 0 Å². The van der Waals surface area contributed by atoms with Crippen molar-refractivity contribution in [1.29, 1.82) is 0 Å². The van der Waals surface area contributed by atoms with Gasteiger partial charge in [-0.25, -0.2) is 4.39 Å². The molecule has 4 nitrogen and oxygen atoms in total. The van der Waals surface area contributed by atoms with E-state index in [1.807, 2.05) is 30.3 Å². The van der Waals surface area contributed by atoms with Crippen molar-refractivity contribution in [2.24, 2.45) is 0 Å². The first-order valence-electron chi connectivity index (χ1n) is 8.18. The fraction of sp³-hybridized carbons (Fsp3) is 0.316. The minimum absolute atomic E-state index is 0.0620.